The second kappa shape index (κ2) is 10.6. The van der Waals surface area contributed by atoms with E-state index in [0.29, 0.717) is 17.1 Å². The van der Waals surface area contributed by atoms with Gasteiger partial charge in [0.15, 0.2) is 0 Å². The van der Waals surface area contributed by atoms with Crippen LogP contribution < -0.4 is 15.6 Å². The van der Waals surface area contributed by atoms with E-state index >= 15 is 0 Å². The number of ether oxygens (including phenoxy) is 1. The van der Waals surface area contributed by atoms with Gasteiger partial charge >= 0.3 is 0 Å². The molecule has 0 radical (unpaired) electrons. The molecule has 0 saturated heterocycles. The maximum atomic E-state index is 12.8. The highest BCUT2D eigenvalue weighted by molar-refractivity contribution is 5.92. The molecule has 0 aliphatic heterocycles. The van der Waals surface area contributed by atoms with Crippen molar-refractivity contribution in [2.75, 3.05) is 5.32 Å². The van der Waals surface area contributed by atoms with E-state index in [1.165, 1.54) is 29.7 Å². The molecular weight excluding hydrogens is 414 g/mol. The first kappa shape index (κ1) is 23.0. The number of benzene rings is 1. The van der Waals surface area contributed by atoms with Crippen LogP contribution in [0.1, 0.15) is 63.1 Å². The molecule has 6 nitrogen and oxygen atoms in total. The molecule has 2 heterocycles. The first-order chi connectivity index (χ1) is 16.0. The number of unbranched alkanes of at least 4 members (excludes halogenated alkanes) is 1. The van der Waals surface area contributed by atoms with Crippen LogP contribution >= 0.6 is 0 Å². The summed E-state index contributed by atoms with van der Waals surface area (Å²) in [6, 6.07) is 12.6. The molecule has 0 spiro atoms. The number of aromatic nitrogens is 2. The Morgan fingerprint density at radius 3 is 2.76 bits per heavy atom. The van der Waals surface area contributed by atoms with Crippen molar-refractivity contribution in [3.8, 4) is 5.75 Å². The standard InChI is InChI=1S/C27H33N3O3/c1-3-4-6-20-9-11-21(12-10-20)27(32)29-22-7-5-8-24(16-22)33-18-23-17-26(31)30-14-13-19(2)15-25(30)28-23/h5,7-8,13-17,20-21H,3-4,6,9-12,18H2,1-2H3,(H,29,32). The monoisotopic (exact) mass is 447 g/mol. The molecule has 1 aromatic carbocycles. The Balaban J connectivity index is 1.34. The molecule has 1 amide bonds. The molecule has 0 atom stereocenters. The Morgan fingerprint density at radius 2 is 1.97 bits per heavy atom. The normalized spacial score (nSPS) is 18.2. The van der Waals surface area contributed by atoms with Crippen LogP contribution in [0.5, 0.6) is 5.75 Å². The third-order valence-electron chi connectivity index (χ3n) is 6.55. The Bertz CT molecular complexity index is 1160. The van der Waals surface area contributed by atoms with Crippen molar-refractivity contribution >= 4 is 17.2 Å². The molecule has 1 aliphatic carbocycles. The third kappa shape index (κ3) is 6.01. The summed E-state index contributed by atoms with van der Waals surface area (Å²) in [4.78, 5) is 29.6. The van der Waals surface area contributed by atoms with Gasteiger partial charge in [0.25, 0.3) is 5.56 Å². The van der Waals surface area contributed by atoms with E-state index in [1.807, 2.05) is 43.3 Å². The summed E-state index contributed by atoms with van der Waals surface area (Å²) in [5.74, 6) is 1.60. The van der Waals surface area contributed by atoms with Crippen molar-refractivity contribution in [3.63, 3.8) is 0 Å². The molecule has 4 rings (SSSR count). The number of pyridine rings is 1. The number of carbonyl (C=O) groups excluding carboxylic acids is 1. The van der Waals surface area contributed by atoms with Gasteiger partial charge in [-0.1, -0.05) is 32.3 Å². The van der Waals surface area contributed by atoms with E-state index in [4.69, 9.17) is 4.74 Å². The molecule has 0 bridgehead atoms. The Hall–Kier alpha value is -3.15. The fourth-order valence-electron chi connectivity index (χ4n) is 4.60. The van der Waals surface area contributed by atoms with Gasteiger partial charge in [0.2, 0.25) is 5.91 Å². The van der Waals surface area contributed by atoms with Crippen LogP contribution in [-0.2, 0) is 11.4 Å². The lowest BCUT2D eigenvalue weighted by atomic mass is 9.79. The molecule has 1 saturated carbocycles. The second-order valence-corrected chi connectivity index (χ2v) is 9.18. The number of nitrogens with one attached hydrogen (secondary N) is 1. The maximum Gasteiger partial charge on any atom is 0.258 e. The summed E-state index contributed by atoms with van der Waals surface area (Å²) < 4.78 is 7.40. The van der Waals surface area contributed by atoms with E-state index in [0.717, 1.165) is 42.9 Å². The molecule has 6 heteroatoms. The fraction of sp³-hybridized carbons (Fsp3) is 0.444. The van der Waals surface area contributed by atoms with Crippen LogP contribution in [0.3, 0.4) is 0 Å². The van der Waals surface area contributed by atoms with Gasteiger partial charge in [0.05, 0.1) is 5.69 Å². The third-order valence-corrected chi connectivity index (χ3v) is 6.55. The molecule has 3 aromatic rings. The van der Waals surface area contributed by atoms with Crippen LogP contribution in [0.25, 0.3) is 5.65 Å². The van der Waals surface area contributed by atoms with E-state index in [2.05, 4.69) is 17.2 Å². The second-order valence-electron chi connectivity index (χ2n) is 9.18. The van der Waals surface area contributed by atoms with Gasteiger partial charge in [-0.15, -0.1) is 0 Å². The summed E-state index contributed by atoms with van der Waals surface area (Å²) in [5.41, 5.74) is 2.81. The van der Waals surface area contributed by atoms with E-state index in [-0.39, 0.29) is 24.0 Å². The lowest BCUT2D eigenvalue weighted by molar-refractivity contribution is -0.121. The minimum atomic E-state index is -0.135. The van der Waals surface area contributed by atoms with Crippen molar-refractivity contribution in [2.24, 2.45) is 11.8 Å². The summed E-state index contributed by atoms with van der Waals surface area (Å²) in [5, 5.41) is 3.06. The molecule has 2 aromatic heterocycles. The predicted molar refractivity (Wildman–Crippen MR) is 131 cm³/mol. The molecule has 1 aliphatic rings. The molecule has 174 valence electrons. The fourth-order valence-corrected chi connectivity index (χ4v) is 4.60. The van der Waals surface area contributed by atoms with Crippen molar-refractivity contribution < 1.29 is 9.53 Å². The number of amides is 1. The number of anilines is 1. The number of fused-ring (bicyclic) bond motifs is 1. The SMILES string of the molecule is CCCCC1CCC(C(=O)Nc2cccc(OCc3cc(=O)n4ccc(C)cc4n3)c2)CC1. The van der Waals surface area contributed by atoms with Gasteiger partial charge in [-0.05, 0) is 68.4 Å². The highest BCUT2D eigenvalue weighted by Gasteiger charge is 2.26. The molecule has 0 unspecified atom stereocenters. The van der Waals surface area contributed by atoms with Crippen molar-refractivity contribution in [1.82, 2.24) is 9.38 Å². The zero-order chi connectivity index (χ0) is 23.2. The number of nitrogens with zero attached hydrogens (tertiary/aromatic N) is 2. The highest BCUT2D eigenvalue weighted by atomic mass is 16.5. The average molecular weight is 448 g/mol. The zero-order valence-corrected chi connectivity index (χ0v) is 19.5. The van der Waals surface area contributed by atoms with Crippen LogP contribution in [0, 0.1) is 18.8 Å². The highest BCUT2D eigenvalue weighted by Crippen LogP contribution is 2.32. The minimum absolute atomic E-state index is 0.0886. The van der Waals surface area contributed by atoms with Crippen molar-refractivity contribution in [3.05, 3.63) is 70.3 Å². The Morgan fingerprint density at radius 1 is 1.15 bits per heavy atom. The zero-order valence-electron chi connectivity index (χ0n) is 19.5. The van der Waals surface area contributed by atoms with Crippen LogP contribution in [0.4, 0.5) is 5.69 Å². The van der Waals surface area contributed by atoms with Crippen LogP contribution in [0.2, 0.25) is 0 Å². The average Bonchev–Trinajstić information content (AvgIpc) is 2.81. The lowest BCUT2D eigenvalue weighted by Crippen LogP contribution is -2.27. The van der Waals surface area contributed by atoms with Gasteiger partial charge in [-0.2, -0.15) is 0 Å². The summed E-state index contributed by atoms with van der Waals surface area (Å²) in [6.07, 6.45) is 9.80. The number of hydrogen-bond acceptors (Lipinski definition) is 4. The van der Waals surface area contributed by atoms with Gasteiger partial charge < -0.3 is 10.1 Å². The molecule has 33 heavy (non-hydrogen) atoms. The van der Waals surface area contributed by atoms with Gasteiger partial charge in [0, 0.05) is 29.9 Å². The largest absolute Gasteiger partial charge is 0.487 e. The molecular formula is C27H33N3O3. The number of rotatable bonds is 8. The van der Waals surface area contributed by atoms with Crippen molar-refractivity contribution in [1.29, 1.82) is 0 Å². The molecule has 1 N–H and O–H groups in total. The summed E-state index contributed by atoms with van der Waals surface area (Å²) >= 11 is 0. The van der Waals surface area contributed by atoms with Gasteiger partial charge in [-0.3, -0.25) is 14.0 Å². The lowest BCUT2D eigenvalue weighted by Gasteiger charge is -2.27. The minimum Gasteiger partial charge on any atom is -0.487 e. The first-order valence-electron chi connectivity index (χ1n) is 12.0. The quantitative estimate of drug-likeness (QED) is 0.494. The van der Waals surface area contributed by atoms with Crippen LogP contribution in [-0.4, -0.2) is 15.3 Å². The first-order valence-corrected chi connectivity index (χ1v) is 12.0. The predicted octanol–water partition coefficient (Wildman–Crippen LogP) is 5.52. The Labute approximate surface area is 195 Å². The smallest absolute Gasteiger partial charge is 0.258 e. The Kier molecular flexibility index (Phi) is 7.43. The topological polar surface area (TPSA) is 72.7 Å². The number of carbonyl (C=O) groups is 1. The van der Waals surface area contributed by atoms with Gasteiger partial charge in [0.1, 0.15) is 18.0 Å². The van der Waals surface area contributed by atoms with Gasteiger partial charge in [-0.25, -0.2) is 4.98 Å². The van der Waals surface area contributed by atoms with Crippen LogP contribution in [0.15, 0.2) is 53.5 Å². The summed E-state index contributed by atoms with van der Waals surface area (Å²) in [7, 11) is 0. The number of hydrogen-bond donors (Lipinski definition) is 1. The van der Waals surface area contributed by atoms with E-state index in [9.17, 15) is 9.59 Å². The summed E-state index contributed by atoms with van der Waals surface area (Å²) in [6.45, 7) is 4.38. The maximum absolute atomic E-state index is 12.8. The van der Waals surface area contributed by atoms with E-state index < -0.39 is 0 Å². The number of aryl methyl sites for hydroxylation is 1. The molecule has 1 fully saturated rings. The van der Waals surface area contributed by atoms with Crippen molar-refractivity contribution in [2.45, 2.75) is 65.4 Å². The van der Waals surface area contributed by atoms with E-state index in [1.54, 1.807) is 6.20 Å².